The molecule has 1 aromatic heterocycles. The molecule has 3 heteroatoms. The number of pyridine rings is 1. The van der Waals surface area contributed by atoms with Gasteiger partial charge in [0.15, 0.2) is 0 Å². The maximum Gasteiger partial charge on any atom is 0.0575 e. The number of rotatable bonds is 8. The minimum atomic E-state index is 0.482. The van der Waals surface area contributed by atoms with Gasteiger partial charge in [-0.15, -0.1) is 0 Å². The monoisotopic (exact) mass is 290 g/mol. The molecule has 2 unspecified atom stereocenters. The van der Waals surface area contributed by atoms with Crippen molar-refractivity contribution in [2.24, 2.45) is 0 Å². The van der Waals surface area contributed by atoms with Gasteiger partial charge in [0.25, 0.3) is 0 Å². The summed E-state index contributed by atoms with van der Waals surface area (Å²) in [6.07, 6.45) is 10.8. The van der Waals surface area contributed by atoms with Crippen LogP contribution in [0.5, 0.6) is 0 Å². The van der Waals surface area contributed by atoms with Crippen molar-refractivity contribution in [1.82, 2.24) is 10.3 Å². The zero-order valence-electron chi connectivity index (χ0n) is 13.6. The second-order valence-electron chi connectivity index (χ2n) is 6.25. The summed E-state index contributed by atoms with van der Waals surface area (Å²) in [5.74, 6) is 0. The van der Waals surface area contributed by atoms with Gasteiger partial charge in [-0.1, -0.05) is 13.0 Å². The first kappa shape index (κ1) is 16.4. The summed E-state index contributed by atoms with van der Waals surface area (Å²) in [7, 11) is 0. The van der Waals surface area contributed by atoms with Crippen molar-refractivity contribution in [3.63, 3.8) is 0 Å². The molecular formula is C18H30N2O. The van der Waals surface area contributed by atoms with Crippen molar-refractivity contribution in [2.75, 3.05) is 13.2 Å². The first-order valence-corrected chi connectivity index (χ1v) is 8.54. The van der Waals surface area contributed by atoms with Crippen molar-refractivity contribution < 1.29 is 4.74 Å². The van der Waals surface area contributed by atoms with Gasteiger partial charge >= 0.3 is 0 Å². The normalized spacial score (nSPS) is 20.4. The van der Waals surface area contributed by atoms with Crippen LogP contribution < -0.4 is 5.32 Å². The number of nitrogens with one attached hydrogen (secondary N) is 1. The van der Waals surface area contributed by atoms with E-state index in [9.17, 15) is 0 Å². The van der Waals surface area contributed by atoms with E-state index in [1.165, 1.54) is 49.8 Å². The molecule has 21 heavy (non-hydrogen) atoms. The van der Waals surface area contributed by atoms with E-state index in [0.717, 1.165) is 19.6 Å². The molecular weight excluding hydrogens is 260 g/mol. The summed E-state index contributed by atoms with van der Waals surface area (Å²) in [6.45, 7) is 6.35. The molecule has 118 valence electrons. The zero-order valence-corrected chi connectivity index (χ0v) is 13.6. The molecule has 0 saturated carbocycles. The van der Waals surface area contributed by atoms with Crippen LogP contribution in [0.2, 0.25) is 0 Å². The Morgan fingerprint density at radius 2 is 2.29 bits per heavy atom. The smallest absolute Gasteiger partial charge is 0.0575 e. The van der Waals surface area contributed by atoms with Crippen molar-refractivity contribution in [3.05, 3.63) is 29.6 Å². The van der Waals surface area contributed by atoms with E-state index in [0.29, 0.717) is 12.1 Å². The van der Waals surface area contributed by atoms with Crippen LogP contribution in [0, 0.1) is 6.92 Å². The lowest BCUT2D eigenvalue weighted by Crippen LogP contribution is -2.33. The summed E-state index contributed by atoms with van der Waals surface area (Å²) in [6, 6.07) is 4.84. The van der Waals surface area contributed by atoms with Gasteiger partial charge in [-0.2, -0.15) is 0 Å². The average molecular weight is 290 g/mol. The SMILES string of the molecule is CCCNC(CCC1CCCCO1)Cc1ccc(C)cn1. The molecule has 2 rings (SSSR count). The fourth-order valence-corrected chi connectivity index (χ4v) is 2.92. The number of aromatic nitrogens is 1. The Hall–Kier alpha value is -0.930. The average Bonchev–Trinajstić information content (AvgIpc) is 2.53. The van der Waals surface area contributed by atoms with Crippen LogP contribution in [-0.4, -0.2) is 30.3 Å². The fraction of sp³-hybridized carbons (Fsp3) is 0.722. The Labute approximate surface area is 129 Å². The first-order chi connectivity index (χ1) is 10.3. The van der Waals surface area contributed by atoms with Crippen molar-refractivity contribution in [2.45, 2.75) is 70.9 Å². The minimum Gasteiger partial charge on any atom is -0.378 e. The molecule has 1 fully saturated rings. The van der Waals surface area contributed by atoms with Gasteiger partial charge in [-0.3, -0.25) is 4.98 Å². The largest absolute Gasteiger partial charge is 0.378 e. The Kier molecular flexibility index (Phi) is 7.17. The third-order valence-electron chi connectivity index (χ3n) is 4.22. The van der Waals surface area contributed by atoms with Crippen LogP contribution in [0.15, 0.2) is 18.3 Å². The molecule has 3 nitrogen and oxygen atoms in total. The minimum absolute atomic E-state index is 0.482. The molecule has 0 bridgehead atoms. The van der Waals surface area contributed by atoms with E-state index in [-0.39, 0.29) is 0 Å². The molecule has 1 saturated heterocycles. The highest BCUT2D eigenvalue weighted by Gasteiger charge is 2.17. The van der Waals surface area contributed by atoms with Crippen LogP contribution in [0.3, 0.4) is 0 Å². The maximum absolute atomic E-state index is 5.86. The molecule has 0 amide bonds. The lowest BCUT2D eigenvalue weighted by Gasteiger charge is -2.25. The van der Waals surface area contributed by atoms with Crippen LogP contribution in [0.25, 0.3) is 0 Å². The van der Waals surface area contributed by atoms with Crippen molar-refractivity contribution in [1.29, 1.82) is 0 Å². The summed E-state index contributed by atoms with van der Waals surface area (Å²) < 4.78 is 5.86. The van der Waals surface area contributed by atoms with E-state index in [4.69, 9.17) is 4.74 Å². The first-order valence-electron chi connectivity index (χ1n) is 8.54. The standard InChI is InChI=1S/C18H30N2O/c1-3-11-19-16(9-10-18-6-4-5-12-21-18)13-17-8-7-15(2)14-20-17/h7-8,14,16,18-19H,3-6,9-13H2,1-2H3. The van der Waals surface area contributed by atoms with Crippen molar-refractivity contribution >= 4 is 0 Å². The molecule has 0 spiro atoms. The molecule has 2 atom stereocenters. The number of aryl methyl sites for hydroxylation is 1. The third kappa shape index (κ3) is 6.15. The Balaban J connectivity index is 1.82. The van der Waals surface area contributed by atoms with E-state index in [1.54, 1.807) is 0 Å². The predicted octanol–water partition coefficient (Wildman–Crippen LogP) is 3.65. The maximum atomic E-state index is 5.86. The molecule has 1 aromatic rings. The van der Waals surface area contributed by atoms with Gasteiger partial charge in [-0.25, -0.2) is 0 Å². The van der Waals surface area contributed by atoms with Crippen LogP contribution in [0.1, 0.15) is 56.7 Å². The van der Waals surface area contributed by atoms with Crippen molar-refractivity contribution in [3.8, 4) is 0 Å². The molecule has 1 N–H and O–H groups in total. The highest BCUT2D eigenvalue weighted by Crippen LogP contribution is 2.18. The highest BCUT2D eigenvalue weighted by atomic mass is 16.5. The van der Waals surface area contributed by atoms with E-state index >= 15 is 0 Å². The van der Waals surface area contributed by atoms with Gasteiger partial charge < -0.3 is 10.1 Å². The fourth-order valence-electron chi connectivity index (χ4n) is 2.92. The molecule has 2 heterocycles. The lowest BCUT2D eigenvalue weighted by atomic mass is 9.99. The predicted molar refractivity (Wildman–Crippen MR) is 87.6 cm³/mol. The van der Waals surface area contributed by atoms with Crippen LogP contribution >= 0.6 is 0 Å². The molecule has 0 aliphatic carbocycles. The number of hydrogen-bond acceptors (Lipinski definition) is 3. The topological polar surface area (TPSA) is 34.1 Å². The number of hydrogen-bond donors (Lipinski definition) is 1. The highest BCUT2D eigenvalue weighted by molar-refractivity contribution is 5.13. The van der Waals surface area contributed by atoms with E-state index in [1.807, 2.05) is 6.20 Å². The van der Waals surface area contributed by atoms with Gasteiger partial charge in [0, 0.05) is 31.0 Å². The molecule has 1 aliphatic rings. The summed E-state index contributed by atoms with van der Waals surface area (Å²) in [5.41, 5.74) is 2.42. The van der Waals surface area contributed by atoms with Crippen LogP contribution in [0.4, 0.5) is 0 Å². The van der Waals surface area contributed by atoms with Gasteiger partial charge in [-0.05, 0) is 63.6 Å². The Bertz CT molecular complexity index is 385. The molecule has 0 aromatic carbocycles. The van der Waals surface area contributed by atoms with Gasteiger partial charge in [0.1, 0.15) is 0 Å². The second-order valence-corrected chi connectivity index (χ2v) is 6.25. The summed E-state index contributed by atoms with van der Waals surface area (Å²) in [4.78, 5) is 4.55. The summed E-state index contributed by atoms with van der Waals surface area (Å²) >= 11 is 0. The Morgan fingerprint density at radius 1 is 1.38 bits per heavy atom. The van der Waals surface area contributed by atoms with Gasteiger partial charge in [0.05, 0.1) is 6.10 Å². The lowest BCUT2D eigenvalue weighted by molar-refractivity contribution is 0.00857. The van der Waals surface area contributed by atoms with Gasteiger partial charge in [0.2, 0.25) is 0 Å². The number of nitrogens with zero attached hydrogens (tertiary/aromatic N) is 1. The van der Waals surface area contributed by atoms with E-state index in [2.05, 4.69) is 36.3 Å². The molecule has 0 radical (unpaired) electrons. The van der Waals surface area contributed by atoms with Crippen LogP contribution in [-0.2, 0) is 11.2 Å². The van der Waals surface area contributed by atoms with E-state index < -0.39 is 0 Å². The molecule has 1 aliphatic heterocycles. The summed E-state index contributed by atoms with van der Waals surface area (Å²) in [5, 5.41) is 3.68. The third-order valence-corrected chi connectivity index (χ3v) is 4.22. The quantitative estimate of drug-likeness (QED) is 0.793. The zero-order chi connectivity index (χ0) is 14.9. The Morgan fingerprint density at radius 3 is 2.95 bits per heavy atom. The number of ether oxygens (including phenoxy) is 1. The second kappa shape index (κ2) is 9.16.